The zero-order valence-corrected chi connectivity index (χ0v) is 14.2. The van der Waals surface area contributed by atoms with Crippen LogP contribution >= 0.6 is 0 Å². The molecule has 5 heteroatoms. The molecule has 0 spiro atoms. The summed E-state index contributed by atoms with van der Waals surface area (Å²) in [5.74, 6) is 0. The standard InChI is InChI=1S/Mn.Nd.H2O.Pr.Sr.2H/h;;1H2;;;;/q;;;;+2;2*-1. The predicted octanol–water partition coefficient (Wildman–Crippen LogP) is -0.983. The molecular formula is H4MnNdOPrSr. The topological polar surface area (TPSA) is 31.5 Å². The first-order valence-corrected chi connectivity index (χ1v) is 0. The molecule has 0 aliphatic heterocycles. The van der Waals surface area contributed by atoms with Crippen molar-refractivity contribution < 1.29 is 108 Å². The van der Waals surface area contributed by atoms with Gasteiger partial charge in [0.25, 0.3) is 0 Å². The molecule has 0 aliphatic rings. The molecule has 0 heterocycles. The summed E-state index contributed by atoms with van der Waals surface area (Å²) >= 11 is 0. The molecule has 0 saturated carbocycles. The molecule has 0 fully saturated rings. The first kappa shape index (κ1) is 33.3. The monoisotopic (exact) mass is 446 g/mol. The Bertz CT molecular complexity index is 17.7. The van der Waals surface area contributed by atoms with Gasteiger partial charge in [-0.1, -0.05) is 0 Å². The van der Waals surface area contributed by atoms with Gasteiger partial charge in [-0.15, -0.1) is 0 Å². The van der Waals surface area contributed by atoms with E-state index < -0.39 is 0 Å². The van der Waals surface area contributed by atoms with Crippen molar-refractivity contribution in [3.8, 4) is 0 Å². The Labute approximate surface area is 148 Å². The van der Waals surface area contributed by atoms with Crippen LogP contribution in [0.4, 0.5) is 0 Å². The second-order valence-electron chi connectivity index (χ2n) is 0. The molecule has 0 aromatic heterocycles. The summed E-state index contributed by atoms with van der Waals surface area (Å²) in [6.07, 6.45) is 0. The van der Waals surface area contributed by atoms with Crippen LogP contribution in [-0.2, 0) is 17.1 Å². The Morgan fingerprint density at radius 3 is 1.20 bits per heavy atom. The quantitative estimate of drug-likeness (QED) is 0.428. The molecule has 0 aromatic rings. The van der Waals surface area contributed by atoms with Crippen LogP contribution in [0.5, 0.6) is 0 Å². The van der Waals surface area contributed by atoms with E-state index in [9.17, 15) is 0 Å². The number of hydrogen-bond acceptors (Lipinski definition) is 0. The van der Waals surface area contributed by atoms with E-state index in [4.69, 9.17) is 0 Å². The molecular weight excluding hydrogens is 444 g/mol. The van der Waals surface area contributed by atoms with Crippen LogP contribution < -0.4 is 0 Å². The van der Waals surface area contributed by atoms with E-state index in [2.05, 4.69) is 0 Å². The third-order valence-electron chi connectivity index (χ3n) is 0. The van der Waals surface area contributed by atoms with Gasteiger partial charge in [0, 0.05) is 99.2 Å². The van der Waals surface area contributed by atoms with E-state index in [1.807, 2.05) is 0 Å². The Morgan fingerprint density at radius 1 is 1.20 bits per heavy atom. The molecule has 0 aromatic carbocycles. The van der Waals surface area contributed by atoms with Crippen LogP contribution in [0.2, 0.25) is 0 Å². The van der Waals surface area contributed by atoms with Gasteiger partial charge in [-0.05, 0) is 0 Å². The van der Waals surface area contributed by atoms with Crippen molar-refractivity contribution in [2.75, 3.05) is 0 Å². The van der Waals surface area contributed by atoms with E-state index in [1.54, 1.807) is 0 Å². The maximum absolute atomic E-state index is 0. The van der Waals surface area contributed by atoms with Gasteiger partial charge in [-0.25, -0.2) is 0 Å². The predicted molar refractivity (Wildman–Crippen MR) is 11.6 cm³/mol. The van der Waals surface area contributed by atoms with Crippen molar-refractivity contribution in [2.45, 2.75) is 0 Å². The summed E-state index contributed by atoms with van der Waals surface area (Å²) in [4.78, 5) is 0. The van der Waals surface area contributed by atoms with Crippen molar-refractivity contribution in [2.24, 2.45) is 0 Å². The van der Waals surface area contributed by atoms with Crippen LogP contribution in [0.1, 0.15) is 2.85 Å². The Kier molecular flexibility index (Phi) is 156. The van der Waals surface area contributed by atoms with Crippen molar-refractivity contribution in [1.29, 1.82) is 0 Å². The normalized spacial score (nSPS) is 0. The van der Waals surface area contributed by atoms with Gasteiger partial charge in [-0.3, -0.25) is 0 Å². The first-order valence-electron chi connectivity index (χ1n) is 0. The van der Waals surface area contributed by atoms with Crippen LogP contribution in [0, 0.1) is 82.1 Å². The molecule has 1 nitrogen and oxygen atoms in total. The zero-order valence-electron chi connectivity index (χ0n) is 4.66. The second-order valence-corrected chi connectivity index (χ2v) is 0. The summed E-state index contributed by atoms with van der Waals surface area (Å²) in [6.45, 7) is 0. The average molecular weight is 448 g/mol. The first-order chi connectivity index (χ1) is 0. The Hall–Kier alpha value is 4.67. The molecule has 0 atom stereocenters. The van der Waals surface area contributed by atoms with E-state index in [-0.39, 0.29) is 153 Å². The largest absolute Gasteiger partial charge is 2.00 e. The minimum Gasteiger partial charge on any atom is -1.00 e. The third-order valence-corrected chi connectivity index (χ3v) is 0. The fraction of sp³-hybridized carbons (Fsp3) is 0. The maximum atomic E-state index is 0. The summed E-state index contributed by atoms with van der Waals surface area (Å²) in [7, 11) is 0. The summed E-state index contributed by atoms with van der Waals surface area (Å²) in [5.41, 5.74) is 0. The summed E-state index contributed by atoms with van der Waals surface area (Å²) < 4.78 is 0. The zero-order chi connectivity index (χ0) is 0. The van der Waals surface area contributed by atoms with Gasteiger partial charge in [0.2, 0.25) is 0 Å². The van der Waals surface area contributed by atoms with Crippen LogP contribution in [0.3, 0.4) is 0 Å². The molecule has 0 aliphatic carbocycles. The van der Waals surface area contributed by atoms with Gasteiger partial charge in [0.05, 0.1) is 0 Å². The molecule has 0 amide bonds. The Balaban J connectivity index is 0. The molecule has 2 N–H and O–H groups in total. The van der Waals surface area contributed by atoms with Gasteiger partial charge in [-0.2, -0.15) is 0 Å². The van der Waals surface area contributed by atoms with Crippen molar-refractivity contribution in [3.63, 3.8) is 0 Å². The Morgan fingerprint density at radius 2 is 1.20 bits per heavy atom. The molecule has 0 saturated heterocycles. The molecule has 0 bridgehead atoms. The van der Waals surface area contributed by atoms with Crippen LogP contribution in [0.25, 0.3) is 0 Å². The SMILES string of the molecule is O.[H-].[H-].[Mn].[Nd].[Pr].[Sr+2]. The van der Waals surface area contributed by atoms with Gasteiger partial charge < -0.3 is 8.33 Å². The van der Waals surface area contributed by atoms with Gasteiger partial charge in [0.1, 0.15) is 0 Å². The number of rotatable bonds is 0. The fourth-order valence-corrected chi connectivity index (χ4v) is 0. The molecule has 2 radical (unpaired) electrons. The molecule has 0 unspecified atom stereocenters. The maximum Gasteiger partial charge on any atom is 2.00 e. The van der Waals surface area contributed by atoms with Gasteiger partial charge >= 0.3 is 45.5 Å². The smallest absolute Gasteiger partial charge is 1.00 e. The number of hydrogen-bond donors (Lipinski definition) is 0. The second kappa shape index (κ2) is 23.4. The minimum atomic E-state index is 0. The minimum absolute atomic E-state index is 0. The molecule has 0 rings (SSSR count). The fourth-order valence-electron chi connectivity index (χ4n) is 0. The third kappa shape index (κ3) is 17.7. The van der Waals surface area contributed by atoms with E-state index >= 15 is 0 Å². The van der Waals surface area contributed by atoms with Crippen molar-refractivity contribution in [1.82, 2.24) is 0 Å². The van der Waals surface area contributed by atoms with E-state index in [0.29, 0.717) is 0 Å². The van der Waals surface area contributed by atoms with Gasteiger partial charge in [0.15, 0.2) is 0 Å². The summed E-state index contributed by atoms with van der Waals surface area (Å²) in [5, 5.41) is 0. The molecule has 5 heavy (non-hydrogen) atoms. The van der Waals surface area contributed by atoms with E-state index in [1.165, 1.54) is 0 Å². The van der Waals surface area contributed by atoms with Crippen molar-refractivity contribution >= 4 is 45.5 Å². The average Bonchev–Trinajstić information content (AvgIpc) is 0. The van der Waals surface area contributed by atoms with Crippen molar-refractivity contribution in [3.05, 3.63) is 0 Å². The molecule has 26 valence electrons. The van der Waals surface area contributed by atoms with Crippen LogP contribution in [-0.4, -0.2) is 51.0 Å². The van der Waals surface area contributed by atoms with Crippen LogP contribution in [0.15, 0.2) is 0 Å². The summed E-state index contributed by atoms with van der Waals surface area (Å²) in [6, 6.07) is 0. The van der Waals surface area contributed by atoms with E-state index in [0.717, 1.165) is 0 Å².